The van der Waals surface area contributed by atoms with E-state index in [1.54, 1.807) is 0 Å². The summed E-state index contributed by atoms with van der Waals surface area (Å²) in [5.74, 6) is 0. The van der Waals surface area contributed by atoms with Crippen molar-refractivity contribution in [2.24, 2.45) is 0 Å². The lowest BCUT2D eigenvalue weighted by atomic mass is 10.0. The second-order valence-corrected chi connectivity index (χ2v) is 3.42. The maximum Gasteiger partial charge on any atom is 1.00 e. The molecule has 0 amide bonds. The molecule has 3 rings (SSSR count). The fraction of sp³-hybridized carbons (Fsp3) is 0. The summed E-state index contributed by atoms with van der Waals surface area (Å²) >= 11 is 0. The Hall–Kier alpha value is -1.82. The Morgan fingerprint density at radius 2 is 1.64 bits per heavy atom. The van der Waals surface area contributed by atoms with Crippen LogP contribution in [0.2, 0.25) is 0 Å². The second-order valence-electron chi connectivity index (χ2n) is 3.42. The molecule has 0 saturated heterocycles. The maximum absolute atomic E-state index is 3.24. The van der Waals surface area contributed by atoms with E-state index in [0.29, 0.717) is 0 Å². The summed E-state index contributed by atoms with van der Waals surface area (Å²) in [5.41, 5.74) is 0. The van der Waals surface area contributed by atoms with Gasteiger partial charge in [-0.1, -0.05) is 54.6 Å². The van der Waals surface area contributed by atoms with Gasteiger partial charge in [-0.15, -0.1) is 0 Å². The van der Waals surface area contributed by atoms with Crippen LogP contribution in [0.15, 0.2) is 54.6 Å². The van der Waals surface area contributed by atoms with Crippen LogP contribution >= 0.6 is 0 Å². The zero-order chi connectivity index (χ0) is 9.38. The van der Waals surface area contributed by atoms with E-state index in [1.807, 2.05) is 12.1 Å². The van der Waals surface area contributed by atoms with E-state index >= 15 is 0 Å². The van der Waals surface area contributed by atoms with Gasteiger partial charge in [0, 0.05) is 0 Å². The lowest BCUT2D eigenvalue weighted by Crippen LogP contribution is -1.75. The quantitative estimate of drug-likeness (QED) is 0.458. The Labute approximate surface area is 84.3 Å². The Balaban J connectivity index is 0.000000853. The van der Waals surface area contributed by atoms with E-state index in [2.05, 4.69) is 48.5 Å². The van der Waals surface area contributed by atoms with Gasteiger partial charge in [-0.05, 0) is 27.6 Å². The molecule has 0 atom stereocenters. The lowest BCUT2D eigenvalue weighted by Gasteiger charge is -2.01. The number of benzene rings is 3. The van der Waals surface area contributed by atoms with E-state index in [1.165, 1.54) is 21.5 Å². The van der Waals surface area contributed by atoms with Gasteiger partial charge in [0.1, 0.15) is 0 Å². The van der Waals surface area contributed by atoms with Crippen LogP contribution in [-0.2, 0) is 0 Å². The van der Waals surface area contributed by atoms with Crippen molar-refractivity contribution in [1.82, 2.24) is 0 Å². The van der Waals surface area contributed by atoms with Crippen LogP contribution in [0.5, 0.6) is 0 Å². The van der Waals surface area contributed by atoms with Crippen molar-refractivity contribution >= 4 is 21.5 Å². The highest BCUT2D eigenvalue weighted by Crippen LogP contribution is 2.24. The molecule has 0 bridgehead atoms. The molecule has 0 heteroatoms. The van der Waals surface area contributed by atoms with Crippen molar-refractivity contribution in [1.29, 1.82) is 0 Å². The van der Waals surface area contributed by atoms with Crippen molar-refractivity contribution in [2.45, 2.75) is 0 Å². The molecule has 0 nitrogen and oxygen atoms in total. The maximum atomic E-state index is 3.24. The average Bonchev–Trinajstić information content (AvgIpc) is 2.29. The highest BCUT2D eigenvalue weighted by atomic mass is 14.0. The first-order valence-electron chi connectivity index (χ1n) is 4.73. The number of hydrogen-bond donors (Lipinski definition) is 0. The van der Waals surface area contributed by atoms with Gasteiger partial charge < -0.3 is 0 Å². The van der Waals surface area contributed by atoms with E-state index in [0.717, 1.165) is 0 Å². The Kier molecular flexibility index (Phi) is 1.54. The first kappa shape index (κ1) is 7.57. The monoisotopic (exact) mass is 178 g/mol. The molecule has 0 aliphatic carbocycles. The zero-order valence-corrected chi connectivity index (χ0v) is 7.70. The van der Waals surface area contributed by atoms with Gasteiger partial charge in [-0.25, -0.2) is 0 Å². The summed E-state index contributed by atoms with van der Waals surface area (Å²) in [6.45, 7) is 0. The Bertz CT molecular complexity index is 544. The third-order valence-electron chi connectivity index (χ3n) is 2.57. The minimum absolute atomic E-state index is 0. The minimum atomic E-state index is 0. The summed E-state index contributed by atoms with van der Waals surface area (Å²) in [6, 6.07) is 22.1. The highest BCUT2D eigenvalue weighted by molar-refractivity contribution is 6.07. The normalized spacial score (nSPS) is 10.9. The molecule has 3 aromatic carbocycles. The van der Waals surface area contributed by atoms with Gasteiger partial charge >= 0.3 is 1.43 Å². The molecule has 0 aliphatic rings. The van der Waals surface area contributed by atoms with Gasteiger partial charge in [0.15, 0.2) is 0 Å². The molecule has 0 spiro atoms. The molecule has 65 valence electrons. The first-order valence-corrected chi connectivity index (χ1v) is 4.73. The van der Waals surface area contributed by atoms with Crippen molar-refractivity contribution in [3.8, 4) is 0 Å². The van der Waals surface area contributed by atoms with Crippen molar-refractivity contribution in [3.63, 3.8) is 0 Å². The van der Waals surface area contributed by atoms with Gasteiger partial charge in [-0.3, -0.25) is 0 Å². The summed E-state index contributed by atoms with van der Waals surface area (Å²) in [7, 11) is 0. The fourth-order valence-electron chi connectivity index (χ4n) is 1.88. The minimum Gasteiger partial charge on any atom is -0.0616 e. The van der Waals surface area contributed by atoms with E-state index in [-0.39, 0.29) is 1.43 Å². The van der Waals surface area contributed by atoms with Gasteiger partial charge in [0.05, 0.1) is 0 Å². The predicted octanol–water partition coefficient (Wildman–Crippen LogP) is 3.91. The van der Waals surface area contributed by atoms with E-state index < -0.39 is 0 Å². The Morgan fingerprint density at radius 1 is 0.786 bits per heavy atom. The van der Waals surface area contributed by atoms with Gasteiger partial charge in [-0.2, -0.15) is 0 Å². The van der Waals surface area contributed by atoms with Crippen LogP contribution in [0.3, 0.4) is 0 Å². The van der Waals surface area contributed by atoms with Crippen LogP contribution in [-0.4, -0.2) is 0 Å². The molecule has 0 heterocycles. The highest BCUT2D eigenvalue weighted by Gasteiger charge is 1.97. The van der Waals surface area contributed by atoms with Crippen LogP contribution in [0, 0.1) is 6.07 Å². The number of hydrogen-bond acceptors (Lipinski definition) is 0. The lowest BCUT2D eigenvalue weighted by molar-refractivity contribution is 1.76. The predicted molar refractivity (Wildman–Crippen MR) is 61.4 cm³/mol. The molecule has 0 aromatic heterocycles. The largest absolute Gasteiger partial charge is 1.00 e. The SMILES string of the molecule is [H+].[c]1cccc2c1ccc1ccccc12. The molecule has 14 heavy (non-hydrogen) atoms. The third kappa shape index (κ3) is 1.01. The number of fused-ring (bicyclic) bond motifs is 3. The van der Waals surface area contributed by atoms with Crippen LogP contribution < -0.4 is 0 Å². The molecule has 0 aliphatic heterocycles. The topological polar surface area (TPSA) is 0 Å². The molecule has 0 fully saturated rings. The number of rotatable bonds is 0. The van der Waals surface area contributed by atoms with E-state index in [4.69, 9.17) is 0 Å². The summed E-state index contributed by atoms with van der Waals surface area (Å²) in [6.07, 6.45) is 0. The van der Waals surface area contributed by atoms with E-state index in [9.17, 15) is 0 Å². The molecule has 1 radical (unpaired) electrons. The molecule has 0 unspecified atom stereocenters. The fourth-order valence-corrected chi connectivity index (χ4v) is 1.88. The smallest absolute Gasteiger partial charge is 0.0616 e. The van der Waals surface area contributed by atoms with Crippen molar-refractivity contribution in [2.75, 3.05) is 0 Å². The van der Waals surface area contributed by atoms with Crippen molar-refractivity contribution < 1.29 is 1.43 Å². The van der Waals surface area contributed by atoms with Crippen molar-refractivity contribution in [3.05, 3.63) is 60.7 Å². The van der Waals surface area contributed by atoms with Crippen LogP contribution in [0.25, 0.3) is 21.5 Å². The first-order chi connectivity index (χ1) is 6.95. The van der Waals surface area contributed by atoms with Gasteiger partial charge in [0.2, 0.25) is 0 Å². The van der Waals surface area contributed by atoms with Crippen LogP contribution in [0.1, 0.15) is 1.43 Å². The second kappa shape index (κ2) is 2.85. The Morgan fingerprint density at radius 3 is 2.64 bits per heavy atom. The molecule has 0 N–H and O–H groups in total. The summed E-state index contributed by atoms with van der Waals surface area (Å²) in [5, 5.41) is 5.07. The summed E-state index contributed by atoms with van der Waals surface area (Å²) < 4.78 is 0. The molecule has 0 saturated carbocycles. The molecule has 3 aromatic rings. The molecular formula is C14H10+. The standard InChI is InChI=1S/C14H9/c1-3-7-13-11(5-1)9-10-12-6-2-4-8-14(12)13/h1-5,7-10H/p+1. The van der Waals surface area contributed by atoms with Gasteiger partial charge in [0.25, 0.3) is 0 Å². The molecular weight excluding hydrogens is 168 g/mol. The third-order valence-corrected chi connectivity index (χ3v) is 2.57. The van der Waals surface area contributed by atoms with Crippen LogP contribution in [0.4, 0.5) is 0 Å². The zero-order valence-electron chi connectivity index (χ0n) is 8.70. The summed E-state index contributed by atoms with van der Waals surface area (Å²) in [4.78, 5) is 0. The average molecular weight is 178 g/mol.